The highest BCUT2D eigenvalue weighted by Crippen LogP contribution is 2.04. The summed E-state index contributed by atoms with van der Waals surface area (Å²) in [6.45, 7) is 0. The molecule has 0 aromatic heterocycles. The third kappa shape index (κ3) is 8.58. The molecule has 3 N–H and O–H groups in total. The van der Waals surface area contributed by atoms with Gasteiger partial charge in [-0.15, -0.1) is 0 Å². The van der Waals surface area contributed by atoms with Gasteiger partial charge in [-0.3, -0.25) is 4.84 Å². The van der Waals surface area contributed by atoms with Gasteiger partial charge in [-0.2, -0.15) is 0 Å². The van der Waals surface area contributed by atoms with Crippen LogP contribution in [-0.4, -0.2) is 22.2 Å². The summed E-state index contributed by atoms with van der Waals surface area (Å²) >= 11 is 5.28. The highest BCUT2D eigenvalue weighted by molar-refractivity contribution is 6.23. The number of para-hydroxylation sites is 1. The van der Waals surface area contributed by atoms with Crippen molar-refractivity contribution in [1.82, 2.24) is 0 Å². The number of anilines is 1. The molecule has 1 rings (SSSR count). The minimum Gasteiger partial charge on any atom is -0.478 e. The van der Waals surface area contributed by atoms with Crippen molar-refractivity contribution in [1.29, 1.82) is 0 Å². The second-order valence-corrected chi connectivity index (χ2v) is 2.66. The first-order valence-electron chi connectivity index (χ1n) is 4.12. The van der Waals surface area contributed by atoms with E-state index in [2.05, 4.69) is 4.84 Å². The monoisotopic (exact) mass is 243 g/mol. The van der Waals surface area contributed by atoms with Crippen molar-refractivity contribution in [2.75, 3.05) is 4.84 Å². The Labute approximate surface area is 97.1 Å². The predicted molar refractivity (Wildman–Crippen MR) is 60.3 cm³/mol. The van der Waals surface area contributed by atoms with Crippen LogP contribution in [0.5, 0.6) is 0 Å². The Morgan fingerprint density at radius 1 is 1.06 bits per heavy atom. The fourth-order valence-electron chi connectivity index (χ4n) is 0.644. The fourth-order valence-corrected chi connectivity index (χ4v) is 0.770. The van der Waals surface area contributed by atoms with Crippen molar-refractivity contribution < 1.29 is 19.8 Å². The average Bonchev–Trinajstić information content (AvgIpc) is 2.28. The van der Waals surface area contributed by atoms with Crippen LogP contribution in [0, 0.1) is 0 Å². The van der Waals surface area contributed by atoms with E-state index in [9.17, 15) is 9.59 Å². The van der Waals surface area contributed by atoms with Gasteiger partial charge in [0, 0.05) is 29.6 Å². The molecule has 1 aromatic rings. The van der Waals surface area contributed by atoms with Gasteiger partial charge in [0.15, 0.2) is 0 Å². The van der Waals surface area contributed by atoms with Crippen molar-refractivity contribution in [2.45, 2.75) is 0 Å². The molecule has 0 amide bonds. The molecule has 0 bridgehead atoms. The van der Waals surface area contributed by atoms with Crippen molar-refractivity contribution >= 4 is 29.4 Å². The second-order valence-electron chi connectivity index (χ2n) is 2.47. The number of rotatable bonds is 3. The van der Waals surface area contributed by atoms with Gasteiger partial charge in [0.2, 0.25) is 0 Å². The summed E-state index contributed by atoms with van der Waals surface area (Å²) in [5.41, 5.74) is 0.925. The minimum atomic E-state index is -1.26. The molecule has 0 fully saturated rings. The number of hydrogen-bond donors (Lipinski definition) is 3. The molecule has 0 atom stereocenters. The highest BCUT2D eigenvalue weighted by Gasteiger charge is 1.88. The molecular weight excluding hydrogens is 234 g/mol. The fraction of sp³-hybridized carbons (Fsp3) is 0. The molecule has 5 nitrogen and oxygen atoms in total. The van der Waals surface area contributed by atoms with E-state index in [1.807, 2.05) is 30.3 Å². The van der Waals surface area contributed by atoms with Gasteiger partial charge in [0.1, 0.15) is 0 Å². The maximum absolute atomic E-state index is 9.55. The Morgan fingerprint density at radius 3 is 1.75 bits per heavy atom. The average molecular weight is 244 g/mol. The molecule has 86 valence electrons. The molecule has 16 heavy (non-hydrogen) atoms. The normalized spacial score (nSPS) is 9.06. The zero-order chi connectivity index (χ0) is 12.4. The zero-order valence-electron chi connectivity index (χ0n) is 8.13. The van der Waals surface area contributed by atoms with E-state index < -0.39 is 11.9 Å². The number of halogens is 1. The molecule has 0 radical (unpaired) electrons. The van der Waals surface area contributed by atoms with E-state index in [0.29, 0.717) is 12.2 Å². The van der Waals surface area contributed by atoms with Crippen LogP contribution >= 0.6 is 11.8 Å². The number of nitrogens with one attached hydrogen (secondary N) is 1. The molecule has 1 aromatic carbocycles. The molecule has 0 heterocycles. The van der Waals surface area contributed by atoms with Gasteiger partial charge in [-0.05, 0) is 12.1 Å². The van der Waals surface area contributed by atoms with Crippen LogP contribution in [0.15, 0.2) is 42.5 Å². The molecule has 0 saturated heterocycles. The molecule has 0 aliphatic rings. The second kappa shape index (κ2) is 8.31. The quantitative estimate of drug-likeness (QED) is 0.558. The summed E-state index contributed by atoms with van der Waals surface area (Å²) in [4.78, 5) is 21.6. The van der Waals surface area contributed by atoms with E-state index in [1.54, 1.807) is 0 Å². The molecule has 0 aliphatic carbocycles. The molecule has 0 aliphatic heterocycles. The number of benzene rings is 1. The smallest absolute Gasteiger partial charge is 0.328 e. The zero-order valence-corrected chi connectivity index (χ0v) is 8.89. The van der Waals surface area contributed by atoms with Gasteiger partial charge >= 0.3 is 11.9 Å². The van der Waals surface area contributed by atoms with Crippen molar-refractivity contribution in [2.24, 2.45) is 0 Å². The van der Waals surface area contributed by atoms with E-state index in [-0.39, 0.29) is 0 Å². The maximum Gasteiger partial charge on any atom is 0.328 e. The number of carbonyl (C=O) groups is 2. The third-order valence-electron chi connectivity index (χ3n) is 1.25. The van der Waals surface area contributed by atoms with Crippen LogP contribution in [-0.2, 0) is 9.59 Å². The standard InChI is InChI=1S/C6H6ClN.C4H4O4/c7-8-6-4-2-1-3-5-6;5-3(6)1-2-4(7)8/h1-5,8H;1-2H,(H,5,6)(H,7,8). The summed E-state index contributed by atoms with van der Waals surface area (Å²) in [5.74, 6) is -2.51. The van der Waals surface area contributed by atoms with E-state index in [0.717, 1.165) is 5.69 Å². The van der Waals surface area contributed by atoms with Crippen LogP contribution in [0.2, 0.25) is 0 Å². The summed E-state index contributed by atoms with van der Waals surface area (Å²) in [5, 5.41) is 15.6. The first kappa shape index (κ1) is 14.0. The number of carboxylic acids is 2. The molecular formula is C10H10ClNO4. The van der Waals surface area contributed by atoms with Gasteiger partial charge in [0.25, 0.3) is 0 Å². The minimum absolute atomic E-state index is 0.558. The van der Waals surface area contributed by atoms with Gasteiger partial charge in [-0.1, -0.05) is 18.2 Å². The Balaban J connectivity index is 0.000000281. The van der Waals surface area contributed by atoms with Crippen LogP contribution in [0.1, 0.15) is 0 Å². The molecule has 0 unspecified atom stereocenters. The molecule has 0 spiro atoms. The Morgan fingerprint density at radius 2 is 1.50 bits per heavy atom. The van der Waals surface area contributed by atoms with Crippen molar-refractivity contribution in [3.8, 4) is 0 Å². The lowest BCUT2D eigenvalue weighted by Gasteiger charge is -1.91. The topological polar surface area (TPSA) is 86.6 Å². The Hall–Kier alpha value is -2.01. The highest BCUT2D eigenvalue weighted by atomic mass is 35.5. The van der Waals surface area contributed by atoms with Crippen LogP contribution in [0.3, 0.4) is 0 Å². The lowest BCUT2D eigenvalue weighted by atomic mass is 10.3. The van der Waals surface area contributed by atoms with E-state index in [4.69, 9.17) is 22.0 Å². The SMILES string of the molecule is ClNc1ccccc1.O=C(O)C=CC(=O)O. The Kier molecular flexibility index (Phi) is 7.27. The van der Waals surface area contributed by atoms with Crippen LogP contribution < -0.4 is 4.84 Å². The van der Waals surface area contributed by atoms with Gasteiger partial charge in [0.05, 0.1) is 0 Å². The van der Waals surface area contributed by atoms with Crippen LogP contribution in [0.4, 0.5) is 5.69 Å². The summed E-state index contributed by atoms with van der Waals surface area (Å²) in [7, 11) is 0. The summed E-state index contributed by atoms with van der Waals surface area (Å²) in [6, 6.07) is 9.58. The maximum atomic E-state index is 9.55. The first-order chi connectivity index (χ1) is 7.56. The molecule has 6 heteroatoms. The predicted octanol–water partition coefficient (Wildman–Crippen LogP) is 1.96. The third-order valence-corrected chi connectivity index (χ3v) is 1.47. The molecule has 0 saturated carbocycles. The number of hydrogen-bond acceptors (Lipinski definition) is 3. The van der Waals surface area contributed by atoms with Gasteiger partial charge in [-0.25, -0.2) is 9.59 Å². The van der Waals surface area contributed by atoms with Crippen LogP contribution in [0.25, 0.3) is 0 Å². The van der Waals surface area contributed by atoms with E-state index in [1.165, 1.54) is 0 Å². The van der Waals surface area contributed by atoms with Crippen molar-refractivity contribution in [3.63, 3.8) is 0 Å². The lowest BCUT2D eigenvalue weighted by Crippen LogP contribution is -1.91. The van der Waals surface area contributed by atoms with Crippen molar-refractivity contribution in [3.05, 3.63) is 42.5 Å². The number of aliphatic carboxylic acids is 2. The van der Waals surface area contributed by atoms with Gasteiger partial charge < -0.3 is 10.2 Å². The number of carboxylic acid groups (broad SMARTS) is 2. The van der Waals surface area contributed by atoms with E-state index >= 15 is 0 Å². The summed E-state index contributed by atoms with van der Waals surface area (Å²) < 4.78 is 0. The largest absolute Gasteiger partial charge is 0.478 e. The Bertz CT molecular complexity index is 348. The summed E-state index contributed by atoms with van der Waals surface area (Å²) in [6.07, 6.45) is 1.12. The lowest BCUT2D eigenvalue weighted by molar-refractivity contribution is -0.134. The first-order valence-corrected chi connectivity index (χ1v) is 4.49.